The van der Waals surface area contributed by atoms with Crippen molar-refractivity contribution in [3.63, 3.8) is 0 Å². The molecular weight excluding hydrogens is 260 g/mol. The first-order valence-corrected chi connectivity index (χ1v) is 8.86. The van der Waals surface area contributed by atoms with Crippen LogP contribution in [0.25, 0.3) is 0 Å². The van der Waals surface area contributed by atoms with E-state index in [1.54, 1.807) is 0 Å². The predicted molar refractivity (Wildman–Crippen MR) is 93.1 cm³/mol. The summed E-state index contributed by atoms with van der Waals surface area (Å²) in [4.78, 5) is 10.1. The second-order valence-electron chi connectivity index (χ2n) is 6.92. The molecule has 1 heterocycles. The van der Waals surface area contributed by atoms with Gasteiger partial charge in [-0.1, -0.05) is 6.92 Å². The number of piperazine rings is 1. The Kier molecular flexibility index (Phi) is 9.49. The molecule has 1 rings (SSSR count). The minimum atomic E-state index is 0.684. The van der Waals surface area contributed by atoms with E-state index in [4.69, 9.17) is 0 Å². The average molecular weight is 299 g/mol. The first-order valence-electron chi connectivity index (χ1n) is 8.86. The van der Waals surface area contributed by atoms with Crippen LogP contribution >= 0.6 is 0 Å². The van der Waals surface area contributed by atoms with Crippen LogP contribution in [0.15, 0.2) is 0 Å². The summed E-state index contributed by atoms with van der Waals surface area (Å²) in [7, 11) is 4.32. The van der Waals surface area contributed by atoms with Crippen LogP contribution in [0.2, 0.25) is 0 Å². The summed E-state index contributed by atoms with van der Waals surface area (Å²) in [5.74, 6) is 0. The van der Waals surface area contributed by atoms with Gasteiger partial charge in [-0.25, -0.2) is 0 Å². The van der Waals surface area contributed by atoms with E-state index >= 15 is 0 Å². The molecule has 0 aromatic rings. The summed E-state index contributed by atoms with van der Waals surface area (Å²) in [5.41, 5.74) is 0. The largest absolute Gasteiger partial charge is 0.309 e. The van der Waals surface area contributed by atoms with Crippen molar-refractivity contribution in [3.8, 4) is 0 Å². The molecule has 4 heteroatoms. The maximum atomic E-state index is 2.65. The van der Waals surface area contributed by atoms with Crippen LogP contribution in [-0.2, 0) is 0 Å². The first kappa shape index (κ1) is 18.9. The van der Waals surface area contributed by atoms with Gasteiger partial charge in [0, 0.05) is 32.2 Å². The topological polar surface area (TPSA) is 13.0 Å². The fourth-order valence-corrected chi connectivity index (χ4v) is 3.13. The Hall–Kier alpha value is -0.160. The minimum absolute atomic E-state index is 0.684. The average Bonchev–Trinajstić information content (AvgIpc) is 2.44. The van der Waals surface area contributed by atoms with E-state index in [-0.39, 0.29) is 0 Å². The SMILES string of the molecule is CCN(CCCN1CCN(CCCN(C)C)CC1)C(C)C. The third-order valence-corrected chi connectivity index (χ3v) is 4.60. The van der Waals surface area contributed by atoms with Gasteiger partial charge in [0.2, 0.25) is 0 Å². The normalized spacial score (nSPS) is 18.3. The maximum Gasteiger partial charge on any atom is 0.0110 e. The van der Waals surface area contributed by atoms with Gasteiger partial charge in [-0.15, -0.1) is 0 Å². The molecule has 0 bridgehead atoms. The van der Waals surface area contributed by atoms with E-state index in [0.717, 1.165) is 0 Å². The molecule has 1 saturated heterocycles. The number of hydrogen-bond donors (Lipinski definition) is 0. The first-order chi connectivity index (χ1) is 10.0. The van der Waals surface area contributed by atoms with Crippen molar-refractivity contribution >= 4 is 0 Å². The molecule has 0 N–H and O–H groups in total. The molecule has 0 atom stereocenters. The summed E-state index contributed by atoms with van der Waals surface area (Å²) >= 11 is 0. The van der Waals surface area contributed by atoms with Gasteiger partial charge in [-0.05, 0) is 73.5 Å². The van der Waals surface area contributed by atoms with Crippen LogP contribution in [0.1, 0.15) is 33.6 Å². The van der Waals surface area contributed by atoms with E-state index in [1.165, 1.54) is 71.7 Å². The van der Waals surface area contributed by atoms with Gasteiger partial charge in [0.1, 0.15) is 0 Å². The Morgan fingerprint density at radius 1 is 0.857 bits per heavy atom. The highest BCUT2D eigenvalue weighted by Crippen LogP contribution is 2.05. The molecule has 1 fully saturated rings. The maximum absolute atomic E-state index is 2.65. The van der Waals surface area contributed by atoms with Crippen molar-refractivity contribution < 1.29 is 0 Å². The monoisotopic (exact) mass is 298 g/mol. The third-order valence-electron chi connectivity index (χ3n) is 4.60. The fourth-order valence-electron chi connectivity index (χ4n) is 3.13. The number of nitrogens with zero attached hydrogens (tertiary/aromatic N) is 4. The van der Waals surface area contributed by atoms with E-state index in [1.807, 2.05) is 0 Å². The number of hydrogen-bond acceptors (Lipinski definition) is 4. The van der Waals surface area contributed by atoms with Crippen molar-refractivity contribution in [1.29, 1.82) is 0 Å². The lowest BCUT2D eigenvalue weighted by Gasteiger charge is -2.35. The summed E-state index contributed by atoms with van der Waals surface area (Å²) in [6.07, 6.45) is 2.61. The molecule has 0 spiro atoms. The fraction of sp³-hybridized carbons (Fsp3) is 1.00. The molecular formula is C17H38N4. The van der Waals surface area contributed by atoms with Gasteiger partial charge < -0.3 is 19.6 Å². The van der Waals surface area contributed by atoms with Crippen molar-refractivity contribution in [3.05, 3.63) is 0 Å². The summed E-state index contributed by atoms with van der Waals surface area (Å²) < 4.78 is 0. The van der Waals surface area contributed by atoms with E-state index in [0.29, 0.717) is 6.04 Å². The standard InChI is InChI=1S/C17H38N4/c1-6-21(17(2)3)12-8-11-20-15-13-19(14-16-20)10-7-9-18(4)5/h17H,6-16H2,1-5H3. The van der Waals surface area contributed by atoms with Crippen LogP contribution in [0.5, 0.6) is 0 Å². The van der Waals surface area contributed by atoms with Gasteiger partial charge in [0.05, 0.1) is 0 Å². The molecule has 0 radical (unpaired) electrons. The molecule has 21 heavy (non-hydrogen) atoms. The van der Waals surface area contributed by atoms with E-state index in [9.17, 15) is 0 Å². The Balaban J connectivity index is 2.07. The molecule has 126 valence electrons. The van der Waals surface area contributed by atoms with Crippen LogP contribution < -0.4 is 0 Å². The second-order valence-corrected chi connectivity index (χ2v) is 6.92. The molecule has 0 aliphatic carbocycles. The molecule has 0 unspecified atom stereocenters. The van der Waals surface area contributed by atoms with E-state index < -0.39 is 0 Å². The molecule has 1 aliphatic heterocycles. The minimum Gasteiger partial charge on any atom is -0.309 e. The zero-order valence-electron chi connectivity index (χ0n) is 15.1. The second kappa shape index (κ2) is 10.5. The van der Waals surface area contributed by atoms with Gasteiger partial charge in [-0.3, -0.25) is 0 Å². The smallest absolute Gasteiger partial charge is 0.0110 e. The molecule has 0 saturated carbocycles. The molecule has 0 aromatic carbocycles. The molecule has 4 nitrogen and oxygen atoms in total. The van der Waals surface area contributed by atoms with Crippen LogP contribution in [-0.4, -0.2) is 98.6 Å². The highest BCUT2D eigenvalue weighted by Gasteiger charge is 2.16. The van der Waals surface area contributed by atoms with Crippen molar-refractivity contribution in [2.45, 2.75) is 39.7 Å². The predicted octanol–water partition coefficient (Wildman–Crippen LogP) is 1.68. The Morgan fingerprint density at radius 3 is 1.71 bits per heavy atom. The summed E-state index contributed by atoms with van der Waals surface area (Å²) in [6.45, 7) is 18.1. The summed E-state index contributed by atoms with van der Waals surface area (Å²) in [6, 6.07) is 0.684. The molecule has 0 aromatic heterocycles. The van der Waals surface area contributed by atoms with Crippen molar-refractivity contribution in [2.24, 2.45) is 0 Å². The highest BCUT2D eigenvalue weighted by atomic mass is 15.3. The third kappa shape index (κ3) is 8.15. The van der Waals surface area contributed by atoms with Gasteiger partial charge >= 0.3 is 0 Å². The number of rotatable bonds is 10. The van der Waals surface area contributed by atoms with Gasteiger partial charge in [0.25, 0.3) is 0 Å². The van der Waals surface area contributed by atoms with Crippen molar-refractivity contribution in [1.82, 2.24) is 19.6 Å². The lowest BCUT2D eigenvalue weighted by Crippen LogP contribution is -2.47. The van der Waals surface area contributed by atoms with Gasteiger partial charge in [0.15, 0.2) is 0 Å². The van der Waals surface area contributed by atoms with Crippen LogP contribution in [0.3, 0.4) is 0 Å². The Labute approximate surface area is 133 Å². The lowest BCUT2D eigenvalue weighted by molar-refractivity contribution is 0.121. The quantitative estimate of drug-likeness (QED) is 0.608. The zero-order valence-corrected chi connectivity index (χ0v) is 15.1. The molecule has 0 amide bonds. The van der Waals surface area contributed by atoms with Gasteiger partial charge in [-0.2, -0.15) is 0 Å². The summed E-state index contributed by atoms with van der Waals surface area (Å²) in [5, 5.41) is 0. The highest BCUT2D eigenvalue weighted by molar-refractivity contribution is 4.73. The van der Waals surface area contributed by atoms with Crippen LogP contribution in [0.4, 0.5) is 0 Å². The Bertz CT molecular complexity index is 247. The zero-order chi connectivity index (χ0) is 15.7. The van der Waals surface area contributed by atoms with Crippen LogP contribution in [0, 0.1) is 0 Å². The Morgan fingerprint density at radius 2 is 1.33 bits per heavy atom. The lowest BCUT2D eigenvalue weighted by atomic mass is 10.2. The van der Waals surface area contributed by atoms with Crippen molar-refractivity contribution in [2.75, 3.05) is 73.0 Å². The van der Waals surface area contributed by atoms with E-state index in [2.05, 4.69) is 54.5 Å². The molecule has 1 aliphatic rings.